The molecule has 0 saturated heterocycles. The van der Waals surface area contributed by atoms with Gasteiger partial charge in [0.25, 0.3) is 0 Å². The van der Waals surface area contributed by atoms with Gasteiger partial charge in [-0.25, -0.2) is 0 Å². The minimum absolute atomic E-state index is 0.0585. The minimum atomic E-state index is -0.170. The number of nitrogens with zero attached hydrogens (tertiary/aromatic N) is 1. The molecule has 1 amide bonds. The molecule has 1 heterocycles. The monoisotopic (exact) mass is 354 g/mol. The number of thiazole rings is 1. The maximum absolute atomic E-state index is 12.0. The Morgan fingerprint density at radius 3 is 2.75 bits per heavy atom. The Morgan fingerprint density at radius 2 is 2.15 bits per heavy atom. The zero-order valence-corrected chi connectivity index (χ0v) is 13.6. The zero-order chi connectivity index (χ0) is 14.7. The molecule has 0 radical (unpaired) electrons. The first-order chi connectivity index (χ1) is 9.49. The predicted molar refractivity (Wildman–Crippen MR) is 84.0 cm³/mol. The number of aryl methyl sites for hydroxylation is 1. The van der Waals surface area contributed by atoms with Crippen LogP contribution in [0.2, 0.25) is 0 Å². The van der Waals surface area contributed by atoms with Gasteiger partial charge in [0, 0.05) is 15.5 Å². The van der Waals surface area contributed by atoms with Gasteiger partial charge in [0.2, 0.25) is 5.91 Å². The summed E-state index contributed by atoms with van der Waals surface area (Å²) in [6.45, 7) is 3.80. The fourth-order valence-corrected chi connectivity index (χ4v) is 3.29. The number of aromatic nitrogens is 1. The molecule has 0 aliphatic rings. The van der Waals surface area contributed by atoms with Crippen molar-refractivity contribution < 1.29 is 4.79 Å². The fraction of sp³-hybridized carbons (Fsp3) is 0.286. The van der Waals surface area contributed by atoms with Crippen molar-refractivity contribution in [2.45, 2.75) is 26.4 Å². The third kappa shape index (κ3) is 3.37. The standard InChI is InChI=1S/C14H15BrN2O2S/c1-9-8-20-14(19)17(9)7-13(18)16-10(2)11-5-3-4-6-12(11)15/h3-6,8,10H,7H2,1-2H3,(H,16,18)/t10-/m0/s1. The van der Waals surface area contributed by atoms with Crippen molar-refractivity contribution in [2.24, 2.45) is 0 Å². The minimum Gasteiger partial charge on any atom is -0.348 e. The molecule has 6 heteroatoms. The SMILES string of the molecule is Cc1csc(=O)n1CC(=O)N[C@@H](C)c1ccccc1Br. The van der Waals surface area contributed by atoms with E-state index in [1.54, 1.807) is 5.38 Å². The van der Waals surface area contributed by atoms with Crippen molar-refractivity contribution in [2.75, 3.05) is 0 Å². The van der Waals surface area contributed by atoms with Gasteiger partial charge in [-0.05, 0) is 25.5 Å². The third-order valence-corrected chi connectivity index (χ3v) is 4.63. The molecule has 106 valence electrons. The van der Waals surface area contributed by atoms with E-state index in [4.69, 9.17) is 0 Å². The first-order valence-corrected chi connectivity index (χ1v) is 7.85. The summed E-state index contributed by atoms with van der Waals surface area (Å²) in [5, 5.41) is 4.66. The maximum Gasteiger partial charge on any atom is 0.307 e. The number of hydrogen-bond acceptors (Lipinski definition) is 3. The number of hydrogen-bond donors (Lipinski definition) is 1. The zero-order valence-electron chi connectivity index (χ0n) is 11.2. The second-order valence-electron chi connectivity index (χ2n) is 4.54. The van der Waals surface area contributed by atoms with E-state index in [0.717, 1.165) is 27.1 Å². The highest BCUT2D eigenvalue weighted by Crippen LogP contribution is 2.22. The van der Waals surface area contributed by atoms with Crippen LogP contribution in [0, 0.1) is 6.92 Å². The average Bonchev–Trinajstić information content (AvgIpc) is 2.71. The van der Waals surface area contributed by atoms with Crippen LogP contribution in [0.5, 0.6) is 0 Å². The molecule has 0 aliphatic carbocycles. The molecule has 1 atom stereocenters. The highest BCUT2D eigenvalue weighted by atomic mass is 79.9. The highest BCUT2D eigenvalue weighted by Gasteiger charge is 2.13. The Kier molecular flexibility index (Phi) is 4.77. The van der Waals surface area contributed by atoms with Gasteiger partial charge in [0.1, 0.15) is 6.54 Å². The average molecular weight is 355 g/mol. The number of benzene rings is 1. The van der Waals surface area contributed by atoms with Gasteiger partial charge < -0.3 is 5.32 Å². The molecular formula is C14H15BrN2O2S. The molecule has 4 nitrogen and oxygen atoms in total. The van der Waals surface area contributed by atoms with E-state index in [-0.39, 0.29) is 23.4 Å². The summed E-state index contributed by atoms with van der Waals surface area (Å²) in [5.74, 6) is -0.170. The molecular weight excluding hydrogens is 340 g/mol. The first-order valence-electron chi connectivity index (χ1n) is 6.17. The van der Waals surface area contributed by atoms with Gasteiger partial charge in [-0.3, -0.25) is 14.2 Å². The van der Waals surface area contributed by atoms with E-state index < -0.39 is 0 Å². The Bertz CT molecular complexity index is 678. The van der Waals surface area contributed by atoms with Gasteiger partial charge >= 0.3 is 4.87 Å². The number of carbonyl (C=O) groups is 1. The fourth-order valence-electron chi connectivity index (χ4n) is 1.93. The molecule has 1 aromatic heterocycles. The molecule has 0 bridgehead atoms. The van der Waals surface area contributed by atoms with Crippen molar-refractivity contribution in [1.82, 2.24) is 9.88 Å². The Hall–Kier alpha value is -1.40. The Labute approximate surface area is 129 Å². The van der Waals surface area contributed by atoms with E-state index in [0.29, 0.717) is 0 Å². The molecule has 2 aromatic rings. The van der Waals surface area contributed by atoms with E-state index in [1.165, 1.54) is 4.57 Å². The van der Waals surface area contributed by atoms with Crippen LogP contribution >= 0.6 is 27.3 Å². The Morgan fingerprint density at radius 1 is 1.45 bits per heavy atom. The van der Waals surface area contributed by atoms with Crippen molar-refractivity contribution in [3.05, 3.63) is 55.0 Å². The van der Waals surface area contributed by atoms with Crippen LogP contribution < -0.4 is 10.2 Å². The third-order valence-electron chi connectivity index (χ3n) is 3.03. The summed E-state index contributed by atoms with van der Waals surface area (Å²) in [7, 11) is 0. The summed E-state index contributed by atoms with van der Waals surface area (Å²) in [5.41, 5.74) is 1.82. The van der Waals surface area contributed by atoms with E-state index >= 15 is 0 Å². The van der Waals surface area contributed by atoms with Crippen molar-refractivity contribution >= 4 is 33.2 Å². The van der Waals surface area contributed by atoms with Crippen LogP contribution in [0.25, 0.3) is 0 Å². The van der Waals surface area contributed by atoms with Crippen LogP contribution in [0.4, 0.5) is 0 Å². The molecule has 0 spiro atoms. The quantitative estimate of drug-likeness (QED) is 0.917. The number of amides is 1. The summed E-state index contributed by atoms with van der Waals surface area (Å²) >= 11 is 4.58. The van der Waals surface area contributed by atoms with Gasteiger partial charge in [-0.15, -0.1) is 0 Å². The number of halogens is 1. The second-order valence-corrected chi connectivity index (χ2v) is 6.21. The van der Waals surface area contributed by atoms with Gasteiger partial charge in [-0.2, -0.15) is 0 Å². The summed E-state index contributed by atoms with van der Waals surface area (Å²) in [6, 6.07) is 7.63. The molecule has 0 fully saturated rings. The lowest BCUT2D eigenvalue weighted by atomic mass is 10.1. The highest BCUT2D eigenvalue weighted by molar-refractivity contribution is 9.10. The van der Waals surface area contributed by atoms with Crippen LogP contribution in [0.1, 0.15) is 24.2 Å². The number of rotatable bonds is 4. The molecule has 20 heavy (non-hydrogen) atoms. The summed E-state index contributed by atoms with van der Waals surface area (Å²) in [6.07, 6.45) is 0. The molecule has 0 unspecified atom stereocenters. The van der Waals surface area contributed by atoms with Crippen LogP contribution in [0.3, 0.4) is 0 Å². The Balaban J connectivity index is 2.05. The number of nitrogens with one attached hydrogen (secondary N) is 1. The van der Waals surface area contributed by atoms with Crippen molar-refractivity contribution in [3.63, 3.8) is 0 Å². The lowest BCUT2D eigenvalue weighted by Crippen LogP contribution is -2.33. The largest absolute Gasteiger partial charge is 0.348 e. The number of carbonyl (C=O) groups excluding carboxylic acids is 1. The molecule has 2 rings (SSSR count). The van der Waals surface area contributed by atoms with E-state index in [9.17, 15) is 9.59 Å². The summed E-state index contributed by atoms with van der Waals surface area (Å²) in [4.78, 5) is 23.5. The molecule has 1 aromatic carbocycles. The molecule has 1 N–H and O–H groups in total. The van der Waals surface area contributed by atoms with Crippen LogP contribution in [0.15, 0.2) is 38.9 Å². The lowest BCUT2D eigenvalue weighted by Gasteiger charge is -2.16. The first kappa shape index (κ1) is 15.0. The van der Waals surface area contributed by atoms with Crippen LogP contribution in [-0.2, 0) is 11.3 Å². The van der Waals surface area contributed by atoms with Crippen LogP contribution in [-0.4, -0.2) is 10.5 Å². The predicted octanol–water partition coefficient (Wildman–Crippen LogP) is 2.86. The molecule has 0 saturated carbocycles. The van der Waals surface area contributed by atoms with E-state index in [1.807, 2.05) is 38.1 Å². The van der Waals surface area contributed by atoms with Crippen molar-refractivity contribution in [1.29, 1.82) is 0 Å². The smallest absolute Gasteiger partial charge is 0.307 e. The van der Waals surface area contributed by atoms with Gasteiger partial charge in [-0.1, -0.05) is 45.5 Å². The van der Waals surface area contributed by atoms with Gasteiger partial charge in [0.15, 0.2) is 0 Å². The molecule has 0 aliphatic heterocycles. The topological polar surface area (TPSA) is 51.1 Å². The normalized spacial score (nSPS) is 12.2. The lowest BCUT2D eigenvalue weighted by molar-refractivity contribution is -0.122. The summed E-state index contributed by atoms with van der Waals surface area (Å²) < 4.78 is 2.43. The second kappa shape index (κ2) is 6.37. The maximum atomic E-state index is 12.0. The van der Waals surface area contributed by atoms with E-state index in [2.05, 4.69) is 21.2 Å². The van der Waals surface area contributed by atoms with Gasteiger partial charge in [0.05, 0.1) is 6.04 Å². The van der Waals surface area contributed by atoms with Crippen molar-refractivity contribution in [3.8, 4) is 0 Å².